The first-order chi connectivity index (χ1) is 6.16. The maximum absolute atomic E-state index is 5.47. The lowest BCUT2D eigenvalue weighted by molar-refractivity contribution is 0.200. The topological polar surface area (TPSA) is 66.0 Å². The summed E-state index contributed by atoms with van der Waals surface area (Å²) in [4.78, 5) is 0.277. The molecule has 0 atom stereocenters. The zero-order valence-corrected chi connectivity index (χ0v) is 8.47. The molecule has 0 aliphatic heterocycles. The average Bonchev–Trinajstić information content (AvgIpc) is 2.43. The molecule has 0 saturated heterocycles. The van der Waals surface area contributed by atoms with Crippen molar-refractivity contribution in [1.29, 1.82) is 0 Å². The van der Waals surface area contributed by atoms with Crippen molar-refractivity contribution in [2.24, 2.45) is 12.8 Å². The standard InChI is InChI=1S/C7H12N4OS/c1-11-5(3-4-12-2)6(7(8)13)9-10-11/h3-4H2,1-2H3,(H2,8,13). The zero-order chi connectivity index (χ0) is 9.84. The van der Waals surface area contributed by atoms with Crippen molar-refractivity contribution in [3.8, 4) is 0 Å². The van der Waals surface area contributed by atoms with Crippen LogP contribution in [-0.4, -0.2) is 33.7 Å². The molecule has 0 aliphatic rings. The van der Waals surface area contributed by atoms with Crippen LogP contribution in [0.3, 0.4) is 0 Å². The quantitative estimate of drug-likeness (QED) is 0.672. The zero-order valence-electron chi connectivity index (χ0n) is 7.65. The van der Waals surface area contributed by atoms with E-state index >= 15 is 0 Å². The van der Waals surface area contributed by atoms with E-state index in [2.05, 4.69) is 10.3 Å². The number of rotatable bonds is 4. The molecule has 1 rings (SSSR count). The van der Waals surface area contributed by atoms with Gasteiger partial charge in [0.1, 0.15) is 10.7 Å². The number of aromatic nitrogens is 3. The first kappa shape index (κ1) is 10.1. The lowest BCUT2D eigenvalue weighted by atomic mass is 10.2. The van der Waals surface area contributed by atoms with Crippen LogP contribution in [0.15, 0.2) is 0 Å². The Morgan fingerprint density at radius 1 is 1.69 bits per heavy atom. The van der Waals surface area contributed by atoms with Crippen LogP contribution in [0.25, 0.3) is 0 Å². The molecule has 0 spiro atoms. The summed E-state index contributed by atoms with van der Waals surface area (Å²) in [6.07, 6.45) is 0.715. The molecule has 0 amide bonds. The number of aryl methyl sites for hydroxylation is 1. The Bertz CT molecular complexity index is 309. The minimum atomic E-state index is 0.277. The van der Waals surface area contributed by atoms with Crippen LogP contribution >= 0.6 is 12.2 Å². The summed E-state index contributed by atoms with van der Waals surface area (Å²) in [5.74, 6) is 0. The molecule has 0 aliphatic carbocycles. The third kappa shape index (κ3) is 2.22. The van der Waals surface area contributed by atoms with E-state index < -0.39 is 0 Å². The number of hydrogen-bond acceptors (Lipinski definition) is 4. The van der Waals surface area contributed by atoms with Crippen molar-refractivity contribution in [1.82, 2.24) is 15.0 Å². The highest BCUT2D eigenvalue weighted by Crippen LogP contribution is 2.04. The van der Waals surface area contributed by atoms with E-state index in [0.717, 1.165) is 5.69 Å². The first-order valence-electron chi connectivity index (χ1n) is 3.84. The second-order valence-corrected chi connectivity index (χ2v) is 3.06. The van der Waals surface area contributed by atoms with E-state index in [1.807, 2.05) is 0 Å². The van der Waals surface area contributed by atoms with Gasteiger partial charge in [0, 0.05) is 20.6 Å². The van der Waals surface area contributed by atoms with Crippen molar-refractivity contribution in [3.05, 3.63) is 11.4 Å². The van der Waals surface area contributed by atoms with Crippen LogP contribution in [0.4, 0.5) is 0 Å². The van der Waals surface area contributed by atoms with E-state index in [4.69, 9.17) is 22.7 Å². The molecule has 0 saturated carbocycles. The number of nitrogens with zero attached hydrogens (tertiary/aromatic N) is 3. The SMILES string of the molecule is COCCc1c(C(N)=S)nnn1C. The van der Waals surface area contributed by atoms with Gasteiger partial charge in [-0.3, -0.25) is 4.68 Å². The van der Waals surface area contributed by atoms with Gasteiger partial charge in [-0.1, -0.05) is 17.4 Å². The Hall–Kier alpha value is -1.01. The Labute approximate surface area is 81.9 Å². The van der Waals surface area contributed by atoms with Crippen molar-refractivity contribution in [3.63, 3.8) is 0 Å². The highest BCUT2D eigenvalue weighted by Gasteiger charge is 2.11. The van der Waals surface area contributed by atoms with E-state index in [-0.39, 0.29) is 4.99 Å². The second kappa shape index (κ2) is 4.29. The van der Waals surface area contributed by atoms with E-state index in [1.54, 1.807) is 18.8 Å². The lowest BCUT2D eigenvalue weighted by Crippen LogP contribution is -2.14. The fourth-order valence-electron chi connectivity index (χ4n) is 1.05. The minimum Gasteiger partial charge on any atom is -0.388 e. The van der Waals surface area contributed by atoms with E-state index in [1.165, 1.54) is 0 Å². The van der Waals surface area contributed by atoms with Crippen LogP contribution in [-0.2, 0) is 18.2 Å². The molecular formula is C7H12N4OS. The van der Waals surface area contributed by atoms with Crippen LogP contribution < -0.4 is 5.73 Å². The largest absolute Gasteiger partial charge is 0.388 e. The summed E-state index contributed by atoms with van der Waals surface area (Å²) >= 11 is 4.83. The Morgan fingerprint density at radius 3 is 2.92 bits per heavy atom. The normalized spacial score (nSPS) is 10.3. The van der Waals surface area contributed by atoms with Crippen LogP contribution in [0.1, 0.15) is 11.4 Å². The third-order valence-corrected chi connectivity index (χ3v) is 1.91. The number of nitrogens with two attached hydrogens (primary N) is 1. The van der Waals surface area contributed by atoms with E-state index in [9.17, 15) is 0 Å². The molecule has 2 N–H and O–H groups in total. The highest BCUT2D eigenvalue weighted by molar-refractivity contribution is 7.80. The van der Waals surface area contributed by atoms with Gasteiger partial charge < -0.3 is 10.5 Å². The van der Waals surface area contributed by atoms with Gasteiger partial charge in [-0.15, -0.1) is 5.10 Å². The minimum absolute atomic E-state index is 0.277. The molecule has 0 aromatic carbocycles. The summed E-state index contributed by atoms with van der Waals surface area (Å²) in [6.45, 7) is 0.608. The van der Waals surface area contributed by atoms with Crippen LogP contribution in [0.5, 0.6) is 0 Å². The van der Waals surface area contributed by atoms with Crippen LogP contribution in [0.2, 0.25) is 0 Å². The summed E-state index contributed by atoms with van der Waals surface area (Å²) < 4.78 is 6.61. The second-order valence-electron chi connectivity index (χ2n) is 2.62. The lowest BCUT2D eigenvalue weighted by Gasteiger charge is -2.01. The first-order valence-corrected chi connectivity index (χ1v) is 4.25. The number of thiocarbonyl (C=S) groups is 1. The van der Waals surface area contributed by atoms with E-state index in [0.29, 0.717) is 18.7 Å². The molecule has 1 aromatic rings. The molecule has 0 unspecified atom stereocenters. The maximum atomic E-state index is 5.47. The number of hydrogen-bond donors (Lipinski definition) is 1. The van der Waals surface area contributed by atoms with Gasteiger partial charge in [0.2, 0.25) is 0 Å². The summed E-state index contributed by atoms with van der Waals surface area (Å²) in [7, 11) is 3.45. The Morgan fingerprint density at radius 2 is 2.38 bits per heavy atom. The molecule has 0 fully saturated rings. The summed E-state index contributed by atoms with van der Waals surface area (Å²) in [5, 5.41) is 7.69. The molecule has 0 bridgehead atoms. The molecule has 0 radical (unpaired) electrons. The van der Waals surface area contributed by atoms with Crippen molar-refractivity contribution < 1.29 is 4.74 Å². The van der Waals surface area contributed by atoms with Gasteiger partial charge in [-0.25, -0.2) is 0 Å². The van der Waals surface area contributed by atoms with Gasteiger partial charge in [0.05, 0.1) is 12.3 Å². The predicted molar refractivity (Wildman–Crippen MR) is 52.5 cm³/mol. The summed E-state index contributed by atoms with van der Waals surface area (Å²) in [5.41, 5.74) is 6.98. The Balaban J connectivity index is 2.88. The predicted octanol–water partition coefficient (Wildman–Crippen LogP) is -0.362. The fourth-order valence-corrected chi connectivity index (χ4v) is 1.21. The van der Waals surface area contributed by atoms with Gasteiger partial charge >= 0.3 is 0 Å². The molecular weight excluding hydrogens is 188 g/mol. The van der Waals surface area contributed by atoms with Crippen molar-refractivity contribution >= 4 is 17.2 Å². The van der Waals surface area contributed by atoms with Crippen molar-refractivity contribution in [2.75, 3.05) is 13.7 Å². The van der Waals surface area contributed by atoms with Gasteiger partial charge in [-0.2, -0.15) is 0 Å². The molecule has 72 valence electrons. The molecule has 5 nitrogen and oxygen atoms in total. The maximum Gasteiger partial charge on any atom is 0.143 e. The number of ether oxygens (including phenoxy) is 1. The van der Waals surface area contributed by atoms with Crippen molar-refractivity contribution in [2.45, 2.75) is 6.42 Å². The van der Waals surface area contributed by atoms with Gasteiger partial charge in [-0.05, 0) is 0 Å². The smallest absolute Gasteiger partial charge is 0.143 e. The Kier molecular flexibility index (Phi) is 3.32. The van der Waals surface area contributed by atoms with Crippen LogP contribution in [0, 0.1) is 0 Å². The fraction of sp³-hybridized carbons (Fsp3) is 0.571. The molecule has 1 heterocycles. The molecule has 13 heavy (non-hydrogen) atoms. The third-order valence-electron chi connectivity index (χ3n) is 1.72. The van der Waals surface area contributed by atoms with Gasteiger partial charge in [0.25, 0.3) is 0 Å². The highest BCUT2D eigenvalue weighted by atomic mass is 32.1. The molecule has 6 heteroatoms. The molecule has 1 aromatic heterocycles. The monoisotopic (exact) mass is 200 g/mol. The summed E-state index contributed by atoms with van der Waals surface area (Å²) in [6, 6.07) is 0. The number of methoxy groups -OCH3 is 1. The van der Waals surface area contributed by atoms with Gasteiger partial charge in [0.15, 0.2) is 0 Å². The average molecular weight is 200 g/mol.